The van der Waals surface area contributed by atoms with E-state index in [1.807, 2.05) is 19.3 Å². The van der Waals surface area contributed by atoms with E-state index in [0.29, 0.717) is 0 Å². The summed E-state index contributed by atoms with van der Waals surface area (Å²) in [5.41, 5.74) is 3.57. The van der Waals surface area contributed by atoms with Gasteiger partial charge in [-0.2, -0.15) is 0 Å². The first-order chi connectivity index (χ1) is 7.18. The number of allylic oxidation sites excluding steroid dienone is 1. The zero-order valence-corrected chi connectivity index (χ0v) is 9.20. The van der Waals surface area contributed by atoms with E-state index < -0.39 is 0 Å². The molecule has 2 heteroatoms. The molecule has 1 aliphatic heterocycles. The Labute approximate surface area is 90.9 Å². The van der Waals surface area contributed by atoms with Crippen LogP contribution in [0.3, 0.4) is 0 Å². The van der Waals surface area contributed by atoms with Gasteiger partial charge < -0.3 is 10.2 Å². The van der Waals surface area contributed by atoms with Crippen molar-refractivity contribution in [3.8, 4) is 0 Å². The summed E-state index contributed by atoms with van der Waals surface area (Å²) in [5, 5.41) is 3.30. The Morgan fingerprint density at radius 1 is 1.47 bits per heavy atom. The molecule has 15 heavy (non-hydrogen) atoms. The van der Waals surface area contributed by atoms with Crippen LogP contribution in [0.15, 0.2) is 43.2 Å². The summed E-state index contributed by atoms with van der Waals surface area (Å²) < 4.78 is 0. The van der Waals surface area contributed by atoms with Crippen molar-refractivity contribution < 1.29 is 0 Å². The first kappa shape index (κ1) is 9.84. The number of hydrogen-bond acceptors (Lipinski definition) is 2. The molecule has 0 saturated carbocycles. The van der Waals surface area contributed by atoms with Gasteiger partial charge in [-0.1, -0.05) is 30.4 Å². The van der Waals surface area contributed by atoms with Crippen molar-refractivity contribution in [3.05, 3.63) is 54.4 Å². The van der Waals surface area contributed by atoms with E-state index in [1.54, 1.807) is 0 Å². The Balaban J connectivity index is 2.29. The fraction of sp³-hybridized carbons (Fsp3) is 0.231. The van der Waals surface area contributed by atoms with Gasteiger partial charge in [0, 0.05) is 19.4 Å². The zero-order chi connectivity index (χ0) is 10.8. The molecule has 0 fully saturated rings. The van der Waals surface area contributed by atoms with Crippen LogP contribution in [0.1, 0.15) is 24.2 Å². The average Bonchev–Trinajstić information content (AvgIpc) is 2.64. The predicted octanol–water partition coefficient (Wildman–Crippen LogP) is 2.72. The Morgan fingerprint density at radius 2 is 2.27 bits per heavy atom. The van der Waals surface area contributed by atoms with E-state index in [2.05, 4.69) is 48.1 Å². The zero-order valence-electron chi connectivity index (χ0n) is 9.20. The van der Waals surface area contributed by atoms with Gasteiger partial charge in [0.05, 0.1) is 0 Å². The normalized spacial score (nSPS) is 19.1. The molecule has 1 aromatic carbocycles. The van der Waals surface area contributed by atoms with E-state index in [0.717, 1.165) is 5.57 Å². The molecule has 1 heterocycles. The Kier molecular flexibility index (Phi) is 2.50. The molecule has 2 rings (SSSR count). The highest BCUT2D eigenvalue weighted by molar-refractivity contribution is 5.61. The number of benzene rings is 1. The molecule has 1 aliphatic rings. The van der Waals surface area contributed by atoms with Crippen LogP contribution in [0.2, 0.25) is 0 Å². The summed E-state index contributed by atoms with van der Waals surface area (Å²) in [6, 6.07) is 8.48. The molecule has 1 atom stereocenters. The average molecular weight is 200 g/mol. The summed E-state index contributed by atoms with van der Waals surface area (Å²) in [4.78, 5) is 2.15. The van der Waals surface area contributed by atoms with Gasteiger partial charge in [-0.25, -0.2) is 0 Å². The maximum atomic E-state index is 3.96. The third kappa shape index (κ3) is 1.89. The molecule has 0 aromatic heterocycles. The first-order valence-electron chi connectivity index (χ1n) is 5.09. The van der Waals surface area contributed by atoms with E-state index >= 15 is 0 Å². The second-order valence-corrected chi connectivity index (χ2v) is 3.96. The highest BCUT2D eigenvalue weighted by atomic mass is 15.3. The van der Waals surface area contributed by atoms with Crippen LogP contribution in [-0.2, 0) is 0 Å². The summed E-state index contributed by atoms with van der Waals surface area (Å²) in [7, 11) is 2.06. The standard InChI is InChI=1S/C13H16N2/c1-10(2)11-5-4-6-12(9-11)13-14-7-8-15(13)3/h4-9,13-14H,1H2,2-3H3. The first-order valence-corrected chi connectivity index (χ1v) is 5.09. The number of hydrogen-bond donors (Lipinski definition) is 1. The second kappa shape index (κ2) is 3.81. The van der Waals surface area contributed by atoms with Crippen molar-refractivity contribution in [1.82, 2.24) is 10.2 Å². The Bertz CT molecular complexity index is 407. The highest BCUT2D eigenvalue weighted by Crippen LogP contribution is 2.23. The van der Waals surface area contributed by atoms with Gasteiger partial charge in [0.25, 0.3) is 0 Å². The van der Waals surface area contributed by atoms with Crippen molar-refractivity contribution >= 4 is 5.57 Å². The van der Waals surface area contributed by atoms with E-state index in [-0.39, 0.29) is 6.17 Å². The van der Waals surface area contributed by atoms with Crippen molar-refractivity contribution in [2.75, 3.05) is 7.05 Å². The second-order valence-electron chi connectivity index (χ2n) is 3.96. The van der Waals surface area contributed by atoms with Crippen LogP contribution in [-0.4, -0.2) is 11.9 Å². The number of nitrogens with one attached hydrogen (secondary N) is 1. The third-order valence-corrected chi connectivity index (χ3v) is 2.67. The molecule has 0 spiro atoms. The minimum absolute atomic E-state index is 0.254. The summed E-state index contributed by atoms with van der Waals surface area (Å²) in [5.74, 6) is 0. The van der Waals surface area contributed by atoms with E-state index in [1.165, 1.54) is 11.1 Å². The van der Waals surface area contributed by atoms with Crippen molar-refractivity contribution in [1.29, 1.82) is 0 Å². The maximum absolute atomic E-state index is 3.96. The predicted molar refractivity (Wildman–Crippen MR) is 63.9 cm³/mol. The minimum atomic E-state index is 0.254. The Hall–Kier alpha value is -1.70. The lowest BCUT2D eigenvalue weighted by molar-refractivity contribution is 0.340. The van der Waals surface area contributed by atoms with Crippen molar-refractivity contribution in [2.24, 2.45) is 0 Å². The topological polar surface area (TPSA) is 15.3 Å². The lowest BCUT2D eigenvalue weighted by atomic mass is 10.0. The lowest BCUT2D eigenvalue weighted by Crippen LogP contribution is -2.23. The lowest BCUT2D eigenvalue weighted by Gasteiger charge is -2.22. The fourth-order valence-corrected chi connectivity index (χ4v) is 1.76. The largest absolute Gasteiger partial charge is 0.366 e. The number of nitrogens with zero attached hydrogens (tertiary/aromatic N) is 1. The van der Waals surface area contributed by atoms with Crippen LogP contribution in [0.4, 0.5) is 0 Å². The molecule has 0 amide bonds. The van der Waals surface area contributed by atoms with Gasteiger partial charge in [0.1, 0.15) is 6.17 Å². The van der Waals surface area contributed by atoms with Crippen LogP contribution < -0.4 is 5.32 Å². The van der Waals surface area contributed by atoms with E-state index in [4.69, 9.17) is 0 Å². The molecule has 0 bridgehead atoms. The fourth-order valence-electron chi connectivity index (χ4n) is 1.76. The molecule has 78 valence electrons. The summed E-state index contributed by atoms with van der Waals surface area (Å²) >= 11 is 0. The quantitative estimate of drug-likeness (QED) is 0.789. The van der Waals surface area contributed by atoms with Gasteiger partial charge >= 0.3 is 0 Å². The molecule has 0 radical (unpaired) electrons. The van der Waals surface area contributed by atoms with E-state index in [9.17, 15) is 0 Å². The molecule has 1 aromatic rings. The molecular formula is C13H16N2. The van der Waals surface area contributed by atoms with Gasteiger partial charge in [-0.15, -0.1) is 0 Å². The smallest absolute Gasteiger partial charge is 0.124 e. The number of rotatable bonds is 2. The van der Waals surface area contributed by atoms with Gasteiger partial charge in [-0.05, 0) is 24.1 Å². The monoisotopic (exact) mass is 200 g/mol. The maximum Gasteiger partial charge on any atom is 0.124 e. The molecule has 1 unspecified atom stereocenters. The molecular weight excluding hydrogens is 184 g/mol. The van der Waals surface area contributed by atoms with Crippen LogP contribution in [0.5, 0.6) is 0 Å². The summed E-state index contributed by atoms with van der Waals surface area (Å²) in [6.45, 7) is 5.99. The van der Waals surface area contributed by atoms with Gasteiger partial charge in [0.2, 0.25) is 0 Å². The van der Waals surface area contributed by atoms with Crippen LogP contribution in [0.25, 0.3) is 5.57 Å². The summed E-state index contributed by atoms with van der Waals surface area (Å²) in [6.07, 6.45) is 4.26. The van der Waals surface area contributed by atoms with Crippen LogP contribution in [0, 0.1) is 0 Å². The SMILES string of the molecule is C=C(C)c1cccc(C2NC=CN2C)c1. The molecule has 2 nitrogen and oxygen atoms in total. The molecule has 1 N–H and O–H groups in total. The molecule has 0 saturated heterocycles. The van der Waals surface area contributed by atoms with Gasteiger partial charge in [-0.3, -0.25) is 0 Å². The molecule has 0 aliphatic carbocycles. The third-order valence-electron chi connectivity index (χ3n) is 2.67. The van der Waals surface area contributed by atoms with Crippen LogP contribution >= 0.6 is 0 Å². The minimum Gasteiger partial charge on any atom is -0.366 e. The van der Waals surface area contributed by atoms with Crippen molar-refractivity contribution in [3.63, 3.8) is 0 Å². The van der Waals surface area contributed by atoms with Crippen molar-refractivity contribution in [2.45, 2.75) is 13.1 Å². The van der Waals surface area contributed by atoms with Gasteiger partial charge in [0.15, 0.2) is 0 Å². The highest BCUT2D eigenvalue weighted by Gasteiger charge is 2.16. The Morgan fingerprint density at radius 3 is 2.87 bits per heavy atom.